The van der Waals surface area contributed by atoms with Crippen LogP contribution in [0.4, 0.5) is 4.79 Å². The van der Waals surface area contributed by atoms with Crippen molar-refractivity contribution < 1.29 is 9.53 Å². The Hall–Kier alpha value is -1.55. The summed E-state index contributed by atoms with van der Waals surface area (Å²) in [5.74, 6) is 0.671. The van der Waals surface area contributed by atoms with Crippen LogP contribution >= 0.6 is 0 Å². The van der Waals surface area contributed by atoms with Crippen molar-refractivity contribution >= 4 is 6.09 Å². The number of nitrogens with one attached hydrogen (secondary N) is 2. The number of ether oxygens (including phenoxy) is 1. The van der Waals surface area contributed by atoms with Crippen molar-refractivity contribution in [2.75, 3.05) is 6.54 Å². The zero-order valence-corrected chi connectivity index (χ0v) is 14.1. The van der Waals surface area contributed by atoms with Crippen LogP contribution in [0.2, 0.25) is 0 Å². The van der Waals surface area contributed by atoms with Crippen molar-refractivity contribution in [2.45, 2.75) is 64.1 Å². The summed E-state index contributed by atoms with van der Waals surface area (Å²) in [7, 11) is 0. The Morgan fingerprint density at radius 1 is 1.27 bits per heavy atom. The fraction of sp³-hybridized carbons (Fsp3) is 0.611. The minimum atomic E-state index is -0.447. The van der Waals surface area contributed by atoms with E-state index in [1.54, 1.807) is 0 Å². The summed E-state index contributed by atoms with van der Waals surface area (Å²) in [6, 6.07) is 11.5. The molecule has 122 valence electrons. The van der Waals surface area contributed by atoms with Crippen molar-refractivity contribution in [3.05, 3.63) is 35.9 Å². The Morgan fingerprint density at radius 3 is 2.50 bits per heavy atom. The molecule has 1 amide bonds. The summed E-state index contributed by atoms with van der Waals surface area (Å²) in [6.45, 7) is 8.28. The van der Waals surface area contributed by atoms with Gasteiger partial charge in [0, 0.05) is 18.6 Å². The predicted molar refractivity (Wildman–Crippen MR) is 89.0 cm³/mol. The summed E-state index contributed by atoms with van der Waals surface area (Å²) in [6.07, 6.45) is 1.98. The van der Waals surface area contributed by atoms with E-state index in [2.05, 4.69) is 47.9 Å². The Labute approximate surface area is 133 Å². The first kappa shape index (κ1) is 16.8. The molecule has 1 saturated carbocycles. The first-order valence-corrected chi connectivity index (χ1v) is 8.11. The van der Waals surface area contributed by atoms with Gasteiger partial charge in [0.05, 0.1) is 0 Å². The monoisotopic (exact) mass is 304 g/mol. The smallest absolute Gasteiger partial charge is 0.407 e. The fourth-order valence-electron chi connectivity index (χ4n) is 2.76. The normalized spacial score (nSPS) is 22.5. The van der Waals surface area contributed by atoms with Crippen LogP contribution in [0, 0.1) is 0 Å². The van der Waals surface area contributed by atoms with Crippen molar-refractivity contribution in [3.8, 4) is 0 Å². The molecule has 0 aliphatic heterocycles. The van der Waals surface area contributed by atoms with Gasteiger partial charge in [-0.05, 0) is 52.0 Å². The minimum absolute atomic E-state index is 0.245. The molecule has 0 radical (unpaired) electrons. The molecule has 1 aromatic carbocycles. The number of rotatable bonds is 5. The zero-order chi connectivity index (χ0) is 16.2. The largest absolute Gasteiger partial charge is 0.444 e. The van der Waals surface area contributed by atoms with Gasteiger partial charge in [0.25, 0.3) is 0 Å². The van der Waals surface area contributed by atoms with E-state index in [0.717, 1.165) is 0 Å². The van der Waals surface area contributed by atoms with E-state index in [4.69, 9.17) is 4.74 Å². The lowest BCUT2D eigenvalue weighted by Gasteiger charge is -2.38. The highest BCUT2D eigenvalue weighted by molar-refractivity contribution is 5.67. The maximum Gasteiger partial charge on any atom is 0.407 e. The number of amides is 1. The molecule has 1 unspecified atom stereocenters. The molecule has 4 heteroatoms. The molecule has 0 aromatic heterocycles. The molecule has 0 saturated heterocycles. The van der Waals surface area contributed by atoms with Gasteiger partial charge >= 0.3 is 6.09 Å². The molecule has 0 bridgehead atoms. The zero-order valence-electron chi connectivity index (χ0n) is 14.1. The highest BCUT2D eigenvalue weighted by atomic mass is 16.6. The molecule has 1 aromatic rings. The quantitative estimate of drug-likeness (QED) is 0.876. The Morgan fingerprint density at radius 2 is 1.91 bits per heavy atom. The van der Waals surface area contributed by atoms with Gasteiger partial charge in [0.1, 0.15) is 5.60 Å². The molecule has 22 heavy (non-hydrogen) atoms. The van der Waals surface area contributed by atoms with Crippen LogP contribution in [0.25, 0.3) is 0 Å². The van der Waals surface area contributed by atoms with Gasteiger partial charge in [-0.1, -0.05) is 30.3 Å². The Bertz CT molecular complexity index is 476. The number of alkyl carbamates (subject to hydrolysis) is 1. The molecular formula is C18H28N2O2. The summed E-state index contributed by atoms with van der Waals surface area (Å²) in [4.78, 5) is 11.6. The topological polar surface area (TPSA) is 50.4 Å². The summed E-state index contributed by atoms with van der Waals surface area (Å²) in [5.41, 5.74) is 0.984. The maximum atomic E-state index is 11.6. The maximum absolute atomic E-state index is 11.6. The third-order valence-corrected chi connectivity index (χ3v) is 3.88. The van der Waals surface area contributed by atoms with E-state index >= 15 is 0 Å². The Kier molecular flexibility index (Phi) is 5.46. The van der Waals surface area contributed by atoms with E-state index in [1.165, 1.54) is 18.4 Å². The lowest BCUT2D eigenvalue weighted by Crippen LogP contribution is -2.49. The first-order chi connectivity index (χ1) is 10.3. The van der Waals surface area contributed by atoms with E-state index < -0.39 is 5.60 Å². The first-order valence-electron chi connectivity index (χ1n) is 8.11. The van der Waals surface area contributed by atoms with Crippen molar-refractivity contribution in [2.24, 2.45) is 0 Å². The summed E-state index contributed by atoms with van der Waals surface area (Å²) >= 11 is 0. The van der Waals surface area contributed by atoms with Crippen LogP contribution in [-0.2, 0) is 4.74 Å². The third kappa shape index (κ3) is 5.34. The van der Waals surface area contributed by atoms with Crippen LogP contribution in [0.15, 0.2) is 30.3 Å². The average molecular weight is 304 g/mol. The van der Waals surface area contributed by atoms with Crippen LogP contribution in [0.1, 0.15) is 52.0 Å². The number of carbonyl (C=O) groups is 1. The van der Waals surface area contributed by atoms with Crippen LogP contribution in [0.5, 0.6) is 0 Å². The third-order valence-electron chi connectivity index (χ3n) is 3.88. The second-order valence-electron chi connectivity index (χ2n) is 7.23. The minimum Gasteiger partial charge on any atom is -0.444 e. The van der Waals surface area contributed by atoms with Gasteiger partial charge in [-0.2, -0.15) is 0 Å². The SMILES string of the molecule is CC(CNC(=O)OC(C)(C)C)NC1CC(c2ccccc2)C1. The number of carbonyl (C=O) groups excluding carboxylic acids is 1. The molecule has 2 N–H and O–H groups in total. The fourth-order valence-corrected chi connectivity index (χ4v) is 2.76. The molecule has 2 rings (SSSR count). The van der Waals surface area contributed by atoms with Crippen LogP contribution in [-0.4, -0.2) is 30.3 Å². The van der Waals surface area contributed by atoms with Gasteiger partial charge in [-0.25, -0.2) is 4.79 Å². The highest BCUT2D eigenvalue weighted by Crippen LogP contribution is 2.36. The van der Waals surface area contributed by atoms with E-state index in [0.29, 0.717) is 18.5 Å². The van der Waals surface area contributed by atoms with Crippen LogP contribution in [0.3, 0.4) is 0 Å². The number of hydrogen-bond donors (Lipinski definition) is 2. The molecular weight excluding hydrogens is 276 g/mol. The van der Waals surface area contributed by atoms with Crippen molar-refractivity contribution in [1.29, 1.82) is 0 Å². The molecule has 1 fully saturated rings. The van der Waals surface area contributed by atoms with Gasteiger partial charge in [0.15, 0.2) is 0 Å². The van der Waals surface area contributed by atoms with E-state index in [-0.39, 0.29) is 12.1 Å². The van der Waals surface area contributed by atoms with Crippen LogP contribution < -0.4 is 10.6 Å². The molecule has 1 aliphatic rings. The summed E-state index contributed by atoms with van der Waals surface area (Å²) < 4.78 is 5.23. The molecule has 0 spiro atoms. The van der Waals surface area contributed by atoms with Gasteiger partial charge < -0.3 is 15.4 Å². The van der Waals surface area contributed by atoms with Gasteiger partial charge in [-0.15, -0.1) is 0 Å². The summed E-state index contributed by atoms with van der Waals surface area (Å²) in [5, 5.41) is 6.38. The number of benzene rings is 1. The molecule has 1 aliphatic carbocycles. The molecule has 1 atom stereocenters. The number of hydrogen-bond acceptors (Lipinski definition) is 3. The highest BCUT2D eigenvalue weighted by Gasteiger charge is 2.30. The molecule has 4 nitrogen and oxygen atoms in total. The molecule has 0 heterocycles. The standard InChI is InChI=1S/C18H28N2O2/c1-13(12-19-17(21)22-18(2,3)4)20-16-10-15(11-16)14-8-6-5-7-9-14/h5-9,13,15-16,20H,10-12H2,1-4H3,(H,19,21). The van der Waals surface area contributed by atoms with Crippen molar-refractivity contribution in [3.63, 3.8) is 0 Å². The van der Waals surface area contributed by atoms with Gasteiger partial charge in [0.2, 0.25) is 0 Å². The van der Waals surface area contributed by atoms with E-state index in [9.17, 15) is 4.79 Å². The van der Waals surface area contributed by atoms with Crippen molar-refractivity contribution in [1.82, 2.24) is 10.6 Å². The lowest BCUT2D eigenvalue weighted by atomic mass is 9.75. The average Bonchev–Trinajstić information content (AvgIpc) is 2.39. The predicted octanol–water partition coefficient (Wildman–Crippen LogP) is 3.44. The van der Waals surface area contributed by atoms with Gasteiger partial charge in [-0.3, -0.25) is 0 Å². The Balaban J connectivity index is 1.63. The second kappa shape index (κ2) is 7.14. The second-order valence-corrected chi connectivity index (χ2v) is 7.23. The van der Waals surface area contributed by atoms with E-state index in [1.807, 2.05) is 20.8 Å². The lowest BCUT2D eigenvalue weighted by molar-refractivity contribution is 0.0521.